The van der Waals surface area contributed by atoms with Crippen LogP contribution in [0.3, 0.4) is 0 Å². The fourth-order valence-electron chi connectivity index (χ4n) is 3.30. The Kier molecular flexibility index (Phi) is 9.07. The van der Waals surface area contributed by atoms with Crippen LogP contribution in [0.15, 0.2) is 69.6 Å². The highest BCUT2D eigenvalue weighted by Gasteiger charge is 2.27. The molecule has 3 nitrogen and oxygen atoms in total. The fraction of sp³-hybridized carbons (Fsp3) is 0. The van der Waals surface area contributed by atoms with Crippen LogP contribution in [0.2, 0.25) is 30.1 Å². The number of halogens is 8. The van der Waals surface area contributed by atoms with E-state index in [4.69, 9.17) is 79.1 Å². The zero-order valence-electron chi connectivity index (χ0n) is 17.5. The third-order valence-corrected chi connectivity index (χ3v) is 8.57. The highest BCUT2D eigenvalue weighted by molar-refractivity contribution is 9.10. The number of hydrogen-bond donors (Lipinski definition) is 0. The van der Waals surface area contributed by atoms with Crippen LogP contribution in [0.1, 0.15) is 0 Å². The number of benzene rings is 4. The maximum absolute atomic E-state index is 12.9. The molecule has 0 heterocycles. The van der Waals surface area contributed by atoms with Crippen molar-refractivity contribution in [1.29, 1.82) is 0 Å². The summed E-state index contributed by atoms with van der Waals surface area (Å²) >= 11 is 44.8. The molecule has 0 saturated heterocycles. The lowest BCUT2D eigenvalue weighted by Crippen LogP contribution is -2.15. The molecule has 184 valence electrons. The van der Waals surface area contributed by atoms with Crippen molar-refractivity contribution in [3.8, 4) is 33.8 Å². The number of carbonyl (C=O) groups is 1. The van der Waals surface area contributed by atoms with Crippen LogP contribution in [-0.4, -0.2) is 6.16 Å². The second kappa shape index (κ2) is 11.7. The lowest BCUT2D eigenvalue weighted by Gasteiger charge is -2.20. The molecule has 0 fully saturated rings. The number of ether oxygens (including phenoxy) is 2. The minimum atomic E-state index is -1.13. The van der Waals surface area contributed by atoms with E-state index in [0.717, 1.165) is 8.95 Å². The minimum Gasteiger partial charge on any atom is -0.393 e. The van der Waals surface area contributed by atoms with Gasteiger partial charge in [-0.3, -0.25) is 0 Å². The molecule has 0 saturated carbocycles. The van der Waals surface area contributed by atoms with E-state index in [1.165, 1.54) is 12.1 Å². The molecule has 0 spiro atoms. The molecule has 4 aromatic carbocycles. The Bertz CT molecular complexity index is 1480. The van der Waals surface area contributed by atoms with Crippen LogP contribution in [0.25, 0.3) is 22.3 Å². The normalized spacial score (nSPS) is 10.9. The van der Waals surface area contributed by atoms with Gasteiger partial charge in [-0.25, -0.2) is 4.79 Å². The van der Waals surface area contributed by atoms with E-state index in [0.29, 0.717) is 22.3 Å². The van der Waals surface area contributed by atoms with E-state index < -0.39 is 6.16 Å². The number of carbonyl (C=O) groups excluding carboxylic acids is 1. The smallest absolute Gasteiger partial charge is 0.393 e. The molecule has 4 aromatic rings. The van der Waals surface area contributed by atoms with Gasteiger partial charge in [0, 0.05) is 20.1 Å². The van der Waals surface area contributed by atoms with Crippen LogP contribution >= 0.6 is 101 Å². The van der Waals surface area contributed by atoms with E-state index in [2.05, 4.69) is 31.9 Å². The summed E-state index contributed by atoms with van der Waals surface area (Å²) in [7, 11) is 0. The summed E-state index contributed by atoms with van der Waals surface area (Å²) in [6, 6.07) is 17.5. The summed E-state index contributed by atoms with van der Waals surface area (Å²) in [4.78, 5) is 12.9. The van der Waals surface area contributed by atoms with Crippen molar-refractivity contribution in [2.24, 2.45) is 0 Å². The third-order valence-electron chi connectivity index (χ3n) is 4.93. The van der Waals surface area contributed by atoms with Gasteiger partial charge >= 0.3 is 6.16 Å². The molecule has 0 aliphatic rings. The van der Waals surface area contributed by atoms with Gasteiger partial charge in [0.2, 0.25) is 0 Å². The van der Waals surface area contributed by atoms with Gasteiger partial charge in [-0.15, -0.1) is 0 Å². The van der Waals surface area contributed by atoms with Gasteiger partial charge in [0.25, 0.3) is 0 Å². The Morgan fingerprint density at radius 3 is 1.64 bits per heavy atom. The molecule has 0 aliphatic carbocycles. The predicted molar refractivity (Wildman–Crippen MR) is 156 cm³/mol. The van der Waals surface area contributed by atoms with Crippen molar-refractivity contribution >= 4 is 108 Å². The van der Waals surface area contributed by atoms with E-state index in [1.54, 1.807) is 0 Å². The van der Waals surface area contributed by atoms with Crippen molar-refractivity contribution in [3.05, 3.63) is 99.7 Å². The zero-order valence-corrected chi connectivity index (χ0v) is 25.2. The molecule has 0 bridgehead atoms. The molecular weight excluding hydrogens is 721 g/mol. The minimum absolute atomic E-state index is 0.00693. The molecule has 4 rings (SSSR count). The van der Waals surface area contributed by atoms with Gasteiger partial charge in [-0.1, -0.05) is 126 Å². The lowest BCUT2D eigenvalue weighted by atomic mass is 9.93. The maximum atomic E-state index is 12.9. The predicted octanol–water partition coefficient (Wildman–Crippen LogP) is 12.0. The van der Waals surface area contributed by atoms with Crippen molar-refractivity contribution in [2.45, 2.75) is 0 Å². The Labute approximate surface area is 253 Å². The number of hydrogen-bond acceptors (Lipinski definition) is 3. The molecule has 0 aliphatic heterocycles. The Morgan fingerprint density at radius 2 is 1.08 bits per heavy atom. The maximum Gasteiger partial charge on any atom is 0.519 e. The van der Waals surface area contributed by atoms with E-state index in [-0.39, 0.29) is 41.6 Å². The average Bonchev–Trinajstić information content (AvgIpc) is 2.86. The Morgan fingerprint density at radius 1 is 0.556 bits per heavy atom. The van der Waals surface area contributed by atoms with Crippen LogP contribution in [0.5, 0.6) is 11.5 Å². The Balaban J connectivity index is 1.88. The van der Waals surface area contributed by atoms with E-state index in [9.17, 15) is 4.79 Å². The average molecular weight is 731 g/mol. The van der Waals surface area contributed by atoms with Crippen molar-refractivity contribution < 1.29 is 14.3 Å². The van der Waals surface area contributed by atoms with Crippen LogP contribution in [-0.2, 0) is 0 Å². The zero-order chi connectivity index (χ0) is 26.1. The monoisotopic (exact) mass is 726 g/mol. The first-order chi connectivity index (χ1) is 17.1. The third kappa shape index (κ3) is 5.79. The summed E-state index contributed by atoms with van der Waals surface area (Å²) in [6.07, 6.45) is -1.13. The van der Waals surface area contributed by atoms with Gasteiger partial charge in [-0.05, 0) is 47.5 Å². The van der Waals surface area contributed by atoms with E-state index in [1.807, 2.05) is 48.5 Å². The summed E-state index contributed by atoms with van der Waals surface area (Å²) < 4.78 is 12.6. The van der Waals surface area contributed by atoms with Gasteiger partial charge in [-0.2, -0.15) is 0 Å². The van der Waals surface area contributed by atoms with Crippen molar-refractivity contribution in [2.75, 3.05) is 0 Å². The highest BCUT2D eigenvalue weighted by Crippen LogP contribution is 2.52. The quantitative estimate of drug-likeness (QED) is 0.119. The van der Waals surface area contributed by atoms with Crippen molar-refractivity contribution in [3.63, 3.8) is 0 Å². The molecular formula is C25H10Br2Cl6O3. The molecule has 0 amide bonds. The summed E-state index contributed by atoms with van der Waals surface area (Å²) in [5.41, 5.74) is 2.31. The van der Waals surface area contributed by atoms with Gasteiger partial charge in [0.15, 0.2) is 11.5 Å². The first-order valence-corrected chi connectivity index (χ1v) is 13.7. The largest absolute Gasteiger partial charge is 0.519 e. The summed E-state index contributed by atoms with van der Waals surface area (Å²) in [6.45, 7) is 0. The first kappa shape index (κ1) is 27.9. The van der Waals surface area contributed by atoms with E-state index >= 15 is 0 Å². The lowest BCUT2D eigenvalue weighted by molar-refractivity contribution is 0.152. The molecule has 11 heteroatoms. The van der Waals surface area contributed by atoms with Crippen LogP contribution in [0, 0.1) is 0 Å². The molecule has 36 heavy (non-hydrogen) atoms. The summed E-state index contributed by atoms with van der Waals surface area (Å²) in [5.74, 6) is -0.0990. The molecule has 0 radical (unpaired) electrons. The molecule has 0 N–H and O–H groups in total. The van der Waals surface area contributed by atoms with Crippen LogP contribution in [0.4, 0.5) is 4.79 Å². The molecule has 0 unspecified atom stereocenters. The fourth-order valence-corrected chi connectivity index (χ4v) is 5.14. The summed E-state index contributed by atoms with van der Waals surface area (Å²) in [5, 5.41) is 0.307. The highest BCUT2D eigenvalue weighted by atomic mass is 79.9. The topological polar surface area (TPSA) is 35.5 Å². The second-order valence-electron chi connectivity index (χ2n) is 7.16. The van der Waals surface area contributed by atoms with Gasteiger partial charge in [0.05, 0.1) is 20.1 Å². The molecule has 0 aromatic heterocycles. The van der Waals surface area contributed by atoms with Crippen molar-refractivity contribution in [1.82, 2.24) is 0 Å². The first-order valence-electron chi connectivity index (χ1n) is 9.84. The molecule has 0 atom stereocenters. The van der Waals surface area contributed by atoms with Gasteiger partial charge < -0.3 is 9.47 Å². The van der Waals surface area contributed by atoms with Gasteiger partial charge in [0.1, 0.15) is 10.0 Å². The Hall–Kier alpha value is -1.15. The number of rotatable bonds is 4. The standard InChI is InChI=1S/C25H10Br2Cl6O3/c26-13-5-1-11(2-6-13)17-18(12-3-7-14(27)8-4-12)24(23(33)22(32)21(17)31)36-25(34)35-16-10-9-15(28)19(29)20(16)30/h1-10H. The SMILES string of the molecule is O=C(Oc1ccc(Cl)c(Cl)c1Cl)Oc1c(Cl)c(Cl)c(Cl)c(-c2ccc(Br)cc2)c1-c1ccc(Br)cc1. The van der Waals surface area contributed by atoms with Crippen LogP contribution < -0.4 is 9.47 Å². The second-order valence-corrected chi connectivity index (χ2v) is 11.3.